The Bertz CT molecular complexity index is 677. The zero-order valence-corrected chi connectivity index (χ0v) is 12.8. The lowest BCUT2D eigenvalue weighted by molar-refractivity contribution is -0.129. The number of carbonyl (C=O) groups excluding carboxylic acids is 2. The first kappa shape index (κ1) is 15.2. The van der Waals surface area contributed by atoms with E-state index in [1.54, 1.807) is 15.8 Å². The number of hydrogen-bond donors (Lipinski definition) is 1. The molecule has 2 heterocycles. The highest BCUT2D eigenvalue weighted by molar-refractivity contribution is 5.94. The van der Waals surface area contributed by atoms with Gasteiger partial charge in [0.1, 0.15) is 0 Å². The smallest absolute Gasteiger partial charge is 0.273 e. The summed E-state index contributed by atoms with van der Waals surface area (Å²) in [6.45, 7) is 2.11. The second kappa shape index (κ2) is 7.04. The summed E-state index contributed by atoms with van der Waals surface area (Å²) in [5.41, 5.74) is 1.30. The number of rotatable bonds is 5. The molecule has 120 valence electrons. The van der Waals surface area contributed by atoms with Crippen LogP contribution in [0.2, 0.25) is 0 Å². The van der Waals surface area contributed by atoms with Crippen molar-refractivity contribution in [1.82, 2.24) is 25.2 Å². The number of nitrogens with zero attached hydrogens (tertiary/aromatic N) is 4. The van der Waals surface area contributed by atoms with E-state index in [9.17, 15) is 9.59 Å². The van der Waals surface area contributed by atoms with Crippen LogP contribution >= 0.6 is 0 Å². The Labute approximate surface area is 134 Å². The summed E-state index contributed by atoms with van der Waals surface area (Å²) in [4.78, 5) is 25.7. The molecule has 1 saturated heterocycles. The quantitative estimate of drug-likeness (QED) is 0.880. The Kier molecular flexibility index (Phi) is 4.65. The molecule has 0 spiro atoms. The molecule has 1 aliphatic rings. The molecular formula is C16H19N5O2. The van der Waals surface area contributed by atoms with Crippen LogP contribution in [0.3, 0.4) is 0 Å². The number of likely N-dealkylation sites (tertiary alicyclic amines) is 1. The van der Waals surface area contributed by atoms with Crippen molar-refractivity contribution < 1.29 is 9.59 Å². The van der Waals surface area contributed by atoms with E-state index in [1.807, 2.05) is 30.3 Å². The zero-order chi connectivity index (χ0) is 16.1. The van der Waals surface area contributed by atoms with Gasteiger partial charge in [-0.05, 0) is 18.4 Å². The van der Waals surface area contributed by atoms with Gasteiger partial charge in [-0.2, -0.15) is 0 Å². The fourth-order valence-electron chi connectivity index (χ4n) is 2.57. The highest BCUT2D eigenvalue weighted by Gasteiger charge is 2.19. The van der Waals surface area contributed by atoms with E-state index in [0.717, 1.165) is 31.5 Å². The average Bonchev–Trinajstić information content (AvgIpc) is 3.25. The van der Waals surface area contributed by atoms with Crippen molar-refractivity contribution in [3.05, 3.63) is 47.8 Å². The Morgan fingerprint density at radius 2 is 1.87 bits per heavy atom. The van der Waals surface area contributed by atoms with Gasteiger partial charge in [0, 0.05) is 13.1 Å². The van der Waals surface area contributed by atoms with Gasteiger partial charge in [0.25, 0.3) is 5.91 Å². The van der Waals surface area contributed by atoms with Gasteiger partial charge in [0.05, 0.1) is 19.3 Å². The van der Waals surface area contributed by atoms with Crippen molar-refractivity contribution in [2.24, 2.45) is 0 Å². The minimum absolute atomic E-state index is 0.00434. The lowest BCUT2D eigenvalue weighted by Gasteiger charge is -2.14. The summed E-state index contributed by atoms with van der Waals surface area (Å²) < 4.78 is 1.60. The largest absolute Gasteiger partial charge is 0.342 e. The number of hydrogen-bond acceptors (Lipinski definition) is 4. The fraction of sp³-hybridized carbons (Fsp3) is 0.375. The molecule has 1 aliphatic heterocycles. The SMILES string of the molecule is O=C(NCC(=O)N1CCCC1)c1cn(Cc2ccccc2)nn1. The van der Waals surface area contributed by atoms with Gasteiger partial charge >= 0.3 is 0 Å². The van der Waals surface area contributed by atoms with E-state index in [2.05, 4.69) is 15.6 Å². The average molecular weight is 313 g/mol. The van der Waals surface area contributed by atoms with Crippen LogP contribution in [0, 0.1) is 0 Å². The van der Waals surface area contributed by atoms with Crippen LogP contribution in [0.25, 0.3) is 0 Å². The maximum Gasteiger partial charge on any atom is 0.273 e. The van der Waals surface area contributed by atoms with Crippen molar-refractivity contribution in [2.75, 3.05) is 19.6 Å². The number of amides is 2. The minimum atomic E-state index is -0.378. The molecule has 0 atom stereocenters. The molecule has 2 amide bonds. The molecule has 0 saturated carbocycles. The Morgan fingerprint density at radius 1 is 1.13 bits per heavy atom. The fourth-order valence-corrected chi connectivity index (χ4v) is 2.57. The van der Waals surface area contributed by atoms with E-state index in [4.69, 9.17) is 0 Å². The molecule has 7 nitrogen and oxygen atoms in total. The van der Waals surface area contributed by atoms with Crippen LogP contribution in [0.1, 0.15) is 28.9 Å². The maximum absolute atomic E-state index is 12.0. The summed E-state index contributed by atoms with van der Waals surface area (Å²) in [5, 5.41) is 10.4. The molecule has 7 heteroatoms. The maximum atomic E-state index is 12.0. The standard InChI is InChI=1S/C16H19N5O2/c22-15(20-8-4-5-9-20)10-17-16(23)14-12-21(19-18-14)11-13-6-2-1-3-7-13/h1-3,6-7,12H,4-5,8-11H2,(H,17,23). The summed E-state index contributed by atoms with van der Waals surface area (Å²) in [6.07, 6.45) is 3.66. The third-order valence-corrected chi connectivity index (χ3v) is 3.82. The van der Waals surface area contributed by atoms with E-state index in [-0.39, 0.29) is 24.1 Å². The second-order valence-electron chi connectivity index (χ2n) is 5.56. The Balaban J connectivity index is 1.53. The zero-order valence-electron chi connectivity index (χ0n) is 12.8. The summed E-state index contributed by atoms with van der Waals surface area (Å²) in [6, 6.07) is 9.81. The molecule has 0 radical (unpaired) electrons. The molecule has 3 rings (SSSR count). The third kappa shape index (κ3) is 3.94. The normalized spacial score (nSPS) is 14.0. The van der Waals surface area contributed by atoms with Crippen LogP contribution in [-0.4, -0.2) is 51.3 Å². The van der Waals surface area contributed by atoms with Gasteiger partial charge < -0.3 is 10.2 Å². The molecule has 0 unspecified atom stereocenters. The lowest BCUT2D eigenvalue weighted by Crippen LogP contribution is -2.38. The van der Waals surface area contributed by atoms with Crippen LogP contribution in [0.5, 0.6) is 0 Å². The molecule has 0 aliphatic carbocycles. The van der Waals surface area contributed by atoms with Crippen molar-refractivity contribution >= 4 is 11.8 Å². The van der Waals surface area contributed by atoms with E-state index < -0.39 is 0 Å². The van der Waals surface area contributed by atoms with Crippen LogP contribution in [0.15, 0.2) is 36.5 Å². The lowest BCUT2D eigenvalue weighted by atomic mass is 10.2. The molecule has 23 heavy (non-hydrogen) atoms. The van der Waals surface area contributed by atoms with Crippen LogP contribution < -0.4 is 5.32 Å². The first-order chi connectivity index (χ1) is 11.2. The number of benzene rings is 1. The number of aromatic nitrogens is 3. The van der Waals surface area contributed by atoms with Crippen molar-refractivity contribution in [2.45, 2.75) is 19.4 Å². The van der Waals surface area contributed by atoms with Gasteiger partial charge in [0.2, 0.25) is 5.91 Å². The first-order valence-corrected chi connectivity index (χ1v) is 7.72. The molecule has 1 aromatic heterocycles. The topological polar surface area (TPSA) is 80.1 Å². The van der Waals surface area contributed by atoms with Crippen LogP contribution in [0.4, 0.5) is 0 Å². The predicted octanol–water partition coefficient (Wildman–Crippen LogP) is 0.679. The third-order valence-electron chi connectivity index (χ3n) is 3.82. The minimum Gasteiger partial charge on any atom is -0.342 e. The highest BCUT2D eigenvalue weighted by atomic mass is 16.2. The summed E-state index contributed by atoms with van der Waals surface area (Å²) in [5.74, 6) is -0.426. The Hall–Kier alpha value is -2.70. The monoisotopic (exact) mass is 313 g/mol. The van der Waals surface area contributed by atoms with E-state index >= 15 is 0 Å². The highest BCUT2D eigenvalue weighted by Crippen LogP contribution is 2.07. The van der Waals surface area contributed by atoms with Crippen LogP contribution in [-0.2, 0) is 11.3 Å². The molecule has 1 N–H and O–H groups in total. The van der Waals surface area contributed by atoms with Gasteiger partial charge in [-0.3, -0.25) is 9.59 Å². The number of carbonyl (C=O) groups is 2. The summed E-state index contributed by atoms with van der Waals surface area (Å²) in [7, 11) is 0. The Morgan fingerprint density at radius 3 is 2.61 bits per heavy atom. The van der Waals surface area contributed by atoms with Crippen molar-refractivity contribution in [1.29, 1.82) is 0 Å². The van der Waals surface area contributed by atoms with Crippen molar-refractivity contribution in [3.63, 3.8) is 0 Å². The summed E-state index contributed by atoms with van der Waals surface area (Å²) >= 11 is 0. The molecule has 1 fully saturated rings. The molecular weight excluding hydrogens is 294 g/mol. The van der Waals surface area contributed by atoms with Gasteiger partial charge in [-0.1, -0.05) is 35.5 Å². The second-order valence-corrected chi connectivity index (χ2v) is 5.56. The molecule has 0 bridgehead atoms. The molecule has 1 aromatic carbocycles. The first-order valence-electron chi connectivity index (χ1n) is 7.72. The molecule has 2 aromatic rings. The van der Waals surface area contributed by atoms with Gasteiger partial charge in [0.15, 0.2) is 5.69 Å². The predicted molar refractivity (Wildman–Crippen MR) is 83.7 cm³/mol. The number of nitrogens with one attached hydrogen (secondary N) is 1. The van der Waals surface area contributed by atoms with Gasteiger partial charge in [-0.15, -0.1) is 5.10 Å². The van der Waals surface area contributed by atoms with Crippen molar-refractivity contribution in [3.8, 4) is 0 Å². The van der Waals surface area contributed by atoms with E-state index in [1.165, 1.54) is 0 Å². The van der Waals surface area contributed by atoms with E-state index in [0.29, 0.717) is 6.54 Å². The van der Waals surface area contributed by atoms with Gasteiger partial charge in [-0.25, -0.2) is 4.68 Å².